The van der Waals surface area contributed by atoms with Gasteiger partial charge in [0, 0.05) is 12.8 Å². The molecule has 0 N–H and O–H groups in total. The third-order valence-electron chi connectivity index (χ3n) is 3.95. The number of rotatable bonds is 1. The minimum absolute atomic E-state index is 0.436. The normalized spacial score (nSPS) is 37.6. The molecule has 3 unspecified atom stereocenters. The van der Waals surface area contributed by atoms with Gasteiger partial charge in [-0.2, -0.15) is 0 Å². The molecule has 0 radical (unpaired) electrons. The highest BCUT2D eigenvalue weighted by Crippen LogP contribution is 2.49. The molecule has 1 heteroatoms. The number of hydrogen-bond donors (Lipinski definition) is 0. The van der Waals surface area contributed by atoms with E-state index in [0.29, 0.717) is 11.2 Å². The molecule has 0 heterocycles. The van der Waals surface area contributed by atoms with E-state index in [-0.39, 0.29) is 0 Å². The standard InChI is InChI=1S/C13H22O/c1-13(2,3)8-10-5-4-9-6-11(14)7-12(9)10/h9-10,12H,4-8H2,1-3H3. The Morgan fingerprint density at radius 1 is 1.21 bits per heavy atom. The maximum Gasteiger partial charge on any atom is 0.133 e. The molecule has 2 saturated carbocycles. The van der Waals surface area contributed by atoms with Gasteiger partial charge in [-0.1, -0.05) is 20.8 Å². The molecule has 0 aliphatic heterocycles. The molecule has 0 bridgehead atoms. The number of hydrogen-bond acceptors (Lipinski definition) is 1. The Morgan fingerprint density at radius 2 is 1.93 bits per heavy atom. The van der Waals surface area contributed by atoms with Crippen molar-refractivity contribution in [3.05, 3.63) is 0 Å². The topological polar surface area (TPSA) is 17.1 Å². The first-order valence-corrected chi connectivity index (χ1v) is 5.97. The lowest BCUT2D eigenvalue weighted by Gasteiger charge is -2.26. The zero-order valence-electron chi connectivity index (χ0n) is 9.68. The second-order valence-corrected chi connectivity index (χ2v) is 6.47. The van der Waals surface area contributed by atoms with Crippen LogP contribution in [-0.4, -0.2) is 5.78 Å². The summed E-state index contributed by atoms with van der Waals surface area (Å²) in [5.41, 5.74) is 0.436. The first kappa shape index (κ1) is 10.2. The Bertz CT molecular complexity index is 236. The van der Waals surface area contributed by atoms with Crippen LogP contribution in [0.1, 0.15) is 52.9 Å². The molecule has 0 amide bonds. The van der Waals surface area contributed by atoms with Crippen molar-refractivity contribution in [2.75, 3.05) is 0 Å². The molecule has 2 fully saturated rings. The second-order valence-electron chi connectivity index (χ2n) is 6.47. The van der Waals surface area contributed by atoms with Crippen molar-refractivity contribution in [1.29, 1.82) is 0 Å². The van der Waals surface area contributed by atoms with Crippen molar-refractivity contribution in [2.45, 2.75) is 52.9 Å². The van der Waals surface area contributed by atoms with E-state index in [1.165, 1.54) is 19.3 Å². The van der Waals surface area contributed by atoms with Crippen LogP contribution in [0.2, 0.25) is 0 Å². The van der Waals surface area contributed by atoms with Crippen molar-refractivity contribution in [3.63, 3.8) is 0 Å². The summed E-state index contributed by atoms with van der Waals surface area (Å²) < 4.78 is 0. The van der Waals surface area contributed by atoms with Crippen LogP contribution in [0, 0.1) is 23.2 Å². The fourth-order valence-corrected chi connectivity index (χ4v) is 3.51. The van der Waals surface area contributed by atoms with E-state index in [4.69, 9.17) is 0 Å². The molecule has 0 spiro atoms. The third-order valence-corrected chi connectivity index (χ3v) is 3.95. The Morgan fingerprint density at radius 3 is 2.57 bits per heavy atom. The summed E-state index contributed by atoms with van der Waals surface area (Å²) in [5.74, 6) is 2.88. The maximum absolute atomic E-state index is 11.4. The third kappa shape index (κ3) is 2.02. The monoisotopic (exact) mass is 194 g/mol. The molecular weight excluding hydrogens is 172 g/mol. The van der Waals surface area contributed by atoms with Gasteiger partial charge in [0.1, 0.15) is 5.78 Å². The van der Waals surface area contributed by atoms with Crippen LogP contribution in [0.15, 0.2) is 0 Å². The van der Waals surface area contributed by atoms with Gasteiger partial charge in [-0.15, -0.1) is 0 Å². The van der Waals surface area contributed by atoms with E-state index in [0.717, 1.165) is 30.6 Å². The summed E-state index contributed by atoms with van der Waals surface area (Å²) in [7, 11) is 0. The quantitative estimate of drug-likeness (QED) is 0.625. The van der Waals surface area contributed by atoms with Gasteiger partial charge >= 0.3 is 0 Å². The van der Waals surface area contributed by atoms with Crippen molar-refractivity contribution >= 4 is 5.78 Å². The van der Waals surface area contributed by atoms with Gasteiger partial charge < -0.3 is 0 Å². The van der Waals surface area contributed by atoms with Crippen LogP contribution in [-0.2, 0) is 4.79 Å². The Kier molecular flexibility index (Phi) is 2.45. The van der Waals surface area contributed by atoms with Crippen molar-refractivity contribution in [2.24, 2.45) is 23.2 Å². The van der Waals surface area contributed by atoms with Crippen LogP contribution < -0.4 is 0 Å². The van der Waals surface area contributed by atoms with Gasteiger partial charge in [-0.3, -0.25) is 4.79 Å². The fourth-order valence-electron chi connectivity index (χ4n) is 3.51. The summed E-state index contributed by atoms with van der Waals surface area (Å²) in [4.78, 5) is 11.4. The largest absolute Gasteiger partial charge is 0.300 e. The zero-order valence-corrected chi connectivity index (χ0v) is 9.68. The average Bonchev–Trinajstić information content (AvgIpc) is 2.49. The Balaban J connectivity index is 1.99. The number of ketones is 1. The van der Waals surface area contributed by atoms with E-state index in [9.17, 15) is 4.79 Å². The first-order chi connectivity index (χ1) is 6.46. The molecular formula is C13H22O. The first-order valence-electron chi connectivity index (χ1n) is 5.97. The lowest BCUT2D eigenvalue weighted by Crippen LogP contribution is -2.17. The van der Waals surface area contributed by atoms with Crippen molar-refractivity contribution in [3.8, 4) is 0 Å². The Labute approximate surface area is 87.3 Å². The van der Waals surface area contributed by atoms with Crippen molar-refractivity contribution in [1.82, 2.24) is 0 Å². The SMILES string of the molecule is CC(C)(C)CC1CCC2CC(=O)CC21. The number of carbonyl (C=O) groups is 1. The van der Waals surface area contributed by atoms with Crippen LogP contribution in [0.5, 0.6) is 0 Å². The molecule has 80 valence electrons. The van der Waals surface area contributed by atoms with Gasteiger partial charge in [0.15, 0.2) is 0 Å². The molecule has 0 aromatic carbocycles. The minimum Gasteiger partial charge on any atom is -0.300 e. The van der Waals surface area contributed by atoms with Gasteiger partial charge in [-0.05, 0) is 42.4 Å². The van der Waals surface area contributed by atoms with E-state index in [1.54, 1.807) is 0 Å². The fraction of sp³-hybridized carbons (Fsp3) is 0.923. The summed E-state index contributed by atoms with van der Waals surface area (Å²) in [6, 6.07) is 0. The molecule has 14 heavy (non-hydrogen) atoms. The molecule has 2 rings (SSSR count). The average molecular weight is 194 g/mol. The summed E-state index contributed by atoms with van der Waals surface area (Å²) >= 11 is 0. The predicted molar refractivity (Wildman–Crippen MR) is 58.0 cm³/mol. The molecule has 0 saturated heterocycles. The smallest absolute Gasteiger partial charge is 0.133 e. The maximum atomic E-state index is 11.4. The van der Waals surface area contributed by atoms with E-state index >= 15 is 0 Å². The van der Waals surface area contributed by atoms with Crippen LogP contribution >= 0.6 is 0 Å². The second kappa shape index (κ2) is 3.36. The lowest BCUT2D eigenvalue weighted by molar-refractivity contribution is -0.118. The highest BCUT2D eigenvalue weighted by Gasteiger charge is 2.43. The van der Waals surface area contributed by atoms with Gasteiger partial charge in [0.2, 0.25) is 0 Å². The van der Waals surface area contributed by atoms with E-state index in [2.05, 4.69) is 20.8 Å². The minimum atomic E-state index is 0.436. The predicted octanol–water partition coefficient (Wildman–Crippen LogP) is 3.43. The van der Waals surface area contributed by atoms with Crippen LogP contribution in [0.4, 0.5) is 0 Å². The van der Waals surface area contributed by atoms with Crippen LogP contribution in [0.3, 0.4) is 0 Å². The van der Waals surface area contributed by atoms with E-state index in [1.807, 2.05) is 0 Å². The number of Topliss-reactive ketones (excluding diaryl/α,β-unsaturated/α-hetero) is 1. The summed E-state index contributed by atoms with van der Waals surface area (Å²) in [6.07, 6.45) is 5.79. The zero-order chi connectivity index (χ0) is 10.3. The molecule has 0 aromatic rings. The van der Waals surface area contributed by atoms with E-state index < -0.39 is 0 Å². The highest BCUT2D eigenvalue weighted by molar-refractivity contribution is 5.81. The number of carbonyl (C=O) groups excluding carboxylic acids is 1. The number of fused-ring (bicyclic) bond motifs is 1. The van der Waals surface area contributed by atoms with Crippen molar-refractivity contribution < 1.29 is 4.79 Å². The Hall–Kier alpha value is -0.330. The molecule has 2 aliphatic carbocycles. The molecule has 0 aromatic heterocycles. The van der Waals surface area contributed by atoms with Crippen LogP contribution in [0.25, 0.3) is 0 Å². The summed E-state index contributed by atoms with van der Waals surface area (Å²) in [5, 5.41) is 0. The highest BCUT2D eigenvalue weighted by atomic mass is 16.1. The van der Waals surface area contributed by atoms with Gasteiger partial charge in [-0.25, -0.2) is 0 Å². The van der Waals surface area contributed by atoms with Gasteiger partial charge in [0.25, 0.3) is 0 Å². The molecule has 2 aliphatic rings. The molecule has 1 nitrogen and oxygen atoms in total. The van der Waals surface area contributed by atoms with Gasteiger partial charge in [0.05, 0.1) is 0 Å². The molecule has 3 atom stereocenters. The lowest BCUT2D eigenvalue weighted by atomic mass is 9.79. The summed E-state index contributed by atoms with van der Waals surface area (Å²) in [6.45, 7) is 6.95.